The van der Waals surface area contributed by atoms with Crippen LogP contribution in [0.4, 0.5) is 5.69 Å². The van der Waals surface area contributed by atoms with Gasteiger partial charge in [-0.25, -0.2) is 0 Å². The van der Waals surface area contributed by atoms with Crippen LogP contribution < -0.4 is 5.32 Å². The Morgan fingerprint density at radius 3 is 2.37 bits per heavy atom. The molecule has 4 heteroatoms. The summed E-state index contributed by atoms with van der Waals surface area (Å²) in [6.45, 7) is 3.89. The maximum atomic E-state index is 10.4. The first kappa shape index (κ1) is 19.0. The standard InChI is InChI=1S/C23H21BrN2O/c1-16-12-13-21(27)20(14-16)26-22(18-10-6-7-11-19(18)24)23(2,15-25)17-8-4-3-5-9-17/h3-14,22,26-27H,1-2H3/t22-,23+/m1/s1. The van der Waals surface area contributed by atoms with Gasteiger partial charge in [-0.2, -0.15) is 5.26 Å². The van der Waals surface area contributed by atoms with Crippen LogP contribution in [0.5, 0.6) is 5.75 Å². The topological polar surface area (TPSA) is 56.0 Å². The maximum Gasteiger partial charge on any atom is 0.138 e. The molecule has 3 aromatic carbocycles. The molecule has 0 bridgehead atoms. The minimum absolute atomic E-state index is 0.158. The molecule has 0 aliphatic heterocycles. The number of benzene rings is 3. The van der Waals surface area contributed by atoms with Crippen molar-refractivity contribution in [2.45, 2.75) is 25.3 Å². The summed E-state index contributed by atoms with van der Waals surface area (Å²) >= 11 is 3.63. The van der Waals surface area contributed by atoms with Gasteiger partial charge in [0.25, 0.3) is 0 Å². The predicted molar refractivity (Wildman–Crippen MR) is 113 cm³/mol. The molecule has 2 N–H and O–H groups in total. The highest BCUT2D eigenvalue weighted by atomic mass is 79.9. The Labute approximate surface area is 168 Å². The van der Waals surface area contributed by atoms with Gasteiger partial charge in [-0.15, -0.1) is 0 Å². The van der Waals surface area contributed by atoms with Gasteiger partial charge in [0.15, 0.2) is 0 Å². The molecule has 2 atom stereocenters. The minimum atomic E-state index is -0.860. The van der Waals surface area contributed by atoms with Crippen LogP contribution in [0.1, 0.15) is 29.7 Å². The number of phenolic OH excluding ortho intramolecular Hbond substituents is 1. The van der Waals surface area contributed by atoms with Gasteiger partial charge in [-0.3, -0.25) is 0 Å². The molecule has 0 amide bonds. The Balaban J connectivity index is 2.17. The van der Waals surface area contributed by atoms with Crippen LogP contribution in [0.25, 0.3) is 0 Å². The number of hydrogen-bond donors (Lipinski definition) is 2. The molecular weight excluding hydrogens is 400 g/mol. The van der Waals surface area contributed by atoms with Gasteiger partial charge < -0.3 is 10.4 Å². The average molecular weight is 421 g/mol. The average Bonchev–Trinajstić information content (AvgIpc) is 2.69. The van der Waals surface area contributed by atoms with Crippen molar-refractivity contribution in [2.24, 2.45) is 0 Å². The second-order valence-corrected chi connectivity index (χ2v) is 7.65. The zero-order valence-corrected chi connectivity index (χ0v) is 16.9. The molecular formula is C23H21BrN2O. The molecule has 3 aromatic rings. The Kier molecular flexibility index (Phi) is 5.53. The van der Waals surface area contributed by atoms with Crippen LogP contribution in [-0.2, 0) is 5.41 Å². The van der Waals surface area contributed by atoms with E-state index in [0.29, 0.717) is 5.69 Å². The number of nitriles is 1. The van der Waals surface area contributed by atoms with E-state index < -0.39 is 5.41 Å². The number of nitrogens with zero attached hydrogens (tertiary/aromatic N) is 1. The fourth-order valence-corrected chi connectivity index (χ4v) is 3.76. The Morgan fingerprint density at radius 2 is 1.70 bits per heavy atom. The van der Waals surface area contributed by atoms with Gasteiger partial charge in [0, 0.05) is 4.47 Å². The Hall–Kier alpha value is -2.77. The maximum absolute atomic E-state index is 10.4. The van der Waals surface area contributed by atoms with Crippen molar-refractivity contribution in [3.63, 3.8) is 0 Å². The molecule has 0 spiro atoms. The van der Waals surface area contributed by atoms with Gasteiger partial charge in [-0.05, 0) is 48.7 Å². The van der Waals surface area contributed by atoms with Crippen molar-refractivity contribution >= 4 is 21.6 Å². The highest BCUT2D eigenvalue weighted by Crippen LogP contribution is 2.43. The van der Waals surface area contributed by atoms with E-state index in [1.807, 2.05) is 80.6 Å². The van der Waals surface area contributed by atoms with Crippen molar-refractivity contribution in [1.82, 2.24) is 0 Å². The summed E-state index contributed by atoms with van der Waals surface area (Å²) in [5, 5.41) is 24.0. The van der Waals surface area contributed by atoms with Crippen LogP contribution >= 0.6 is 15.9 Å². The SMILES string of the molecule is Cc1ccc(O)c(N[C@H](c2ccccc2Br)[C@@](C)(C#N)c2ccccc2)c1. The molecule has 27 heavy (non-hydrogen) atoms. The molecule has 136 valence electrons. The summed E-state index contributed by atoms with van der Waals surface area (Å²) in [7, 11) is 0. The third-order valence-corrected chi connectivity index (χ3v) is 5.57. The van der Waals surface area contributed by atoms with Gasteiger partial charge in [0.2, 0.25) is 0 Å². The third-order valence-electron chi connectivity index (χ3n) is 4.85. The lowest BCUT2D eigenvalue weighted by molar-refractivity contribution is 0.470. The second kappa shape index (κ2) is 7.85. The lowest BCUT2D eigenvalue weighted by Gasteiger charge is -2.35. The number of aryl methyl sites for hydroxylation is 1. The molecule has 0 saturated heterocycles. The lowest BCUT2D eigenvalue weighted by Crippen LogP contribution is -2.34. The molecule has 0 aromatic heterocycles. The van der Waals surface area contributed by atoms with Crippen LogP contribution in [0, 0.1) is 18.3 Å². The van der Waals surface area contributed by atoms with E-state index >= 15 is 0 Å². The normalized spacial score (nSPS) is 14.0. The van der Waals surface area contributed by atoms with Crippen LogP contribution in [0.3, 0.4) is 0 Å². The van der Waals surface area contributed by atoms with Gasteiger partial charge in [0.05, 0.1) is 17.8 Å². The van der Waals surface area contributed by atoms with Gasteiger partial charge >= 0.3 is 0 Å². The van der Waals surface area contributed by atoms with Crippen molar-refractivity contribution < 1.29 is 5.11 Å². The predicted octanol–water partition coefficient (Wildman–Crippen LogP) is 6.10. The number of phenols is 1. The van der Waals surface area contributed by atoms with E-state index in [-0.39, 0.29) is 11.8 Å². The van der Waals surface area contributed by atoms with Crippen LogP contribution in [0.2, 0.25) is 0 Å². The van der Waals surface area contributed by atoms with E-state index in [2.05, 4.69) is 27.3 Å². The highest BCUT2D eigenvalue weighted by molar-refractivity contribution is 9.10. The quantitative estimate of drug-likeness (QED) is 0.490. The van der Waals surface area contributed by atoms with Crippen molar-refractivity contribution in [3.8, 4) is 11.8 Å². The van der Waals surface area contributed by atoms with E-state index in [9.17, 15) is 10.4 Å². The van der Waals surface area contributed by atoms with Gasteiger partial charge in [-0.1, -0.05) is 70.5 Å². The fourth-order valence-electron chi connectivity index (χ4n) is 3.24. The third kappa shape index (κ3) is 3.84. The number of halogens is 1. The molecule has 3 rings (SSSR count). The monoisotopic (exact) mass is 420 g/mol. The number of hydrogen-bond acceptors (Lipinski definition) is 3. The van der Waals surface area contributed by atoms with E-state index in [4.69, 9.17) is 0 Å². The molecule has 0 fully saturated rings. The van der Waals surface area contributed by atoms with Gasteiger partial charge in [0.1, 0.15) is 11.2 Å². The van der Waals surface area contributed by atoms with Crippen LogP contribution in [0.15, 0.2) is 77.3 Å². The Bertz CT molecular complexity index is 981. The minimum Gasteiger partial charge on any atom is -0.506 e. The number of aromatic hydroxyl groups is 1. The smallest absolute Gasteiger partial charge is 0.138 e. The lowest BCUT2D eigenvalue weighted by atomic mass is 9.74. The van der Waals surface area contributed by atoms with E-state index in [1.165, 1.54) is 0 Å². The number of anilines is 1. The van der Waals surface area contributed by atoms with E-state index in [1.54, 1.807) is 6.07 Å². The molecule has 0 aliphatic rings. The fraction of sp³-hybridized carbons (Fsp3) is 0.174. The zero-order chi connectivity index (χ0) is 19.4. The molecule has 0 saturated carbocycles. The van der Waals surface area contributed by atoms with Crippen LogP contribution in [-0.4, -0.2) is 5.11 Å². The first-order valence-electron chi connectivity index (χ1n) is 8.73. The number of nitrogens with one attached hydrogen (secondary N) is 1. The largest absolute Gasteiger partial charge is 0.506 e. The summed E-state index contributed by atoms with van der Waals surface area (Å²) in [5.41, 5.74) is 2.63. The number of rotatable bonds is 5. The molecule has 0 heterocycles. The zero-order valence-electron chi connectivity index (χ0n) is 15.3. The first-order chi connectivity index (χ1) is 13.0. The summed E-state index contributed by atoms with van der Waals surface area (Å²) in [4.78, 5) is 0. The summed E-state index contributed by atoms with van der Waals surface area (Å²) in [6, 6.07) is 25.1. The Morgan fingerprint density at radius 1 is 1.04 bits per heavy atom. The van der Waals surface area contributed by atoms with Crippen molar-refractivity contribution in [1.29, 1.82) is 5.26 Å². The summed E-state index contributed by atoms with van der Waals surface area (Å²) < 4.78 is 0.909. The molecule has 0 radical (unpaired) electrons. The van der Waals surface area contributed by atoms with Crippen molar-refractivity contribution in [2.75, 3.05) is 5.32 Å². The first-order valence-corrected chi connectivity index (χ1v) is 9.52. The second-order valence-electron chi connectivity index (χ2n) is 6.80. The van der Waals surface area contributed by atoms with Crippen molar-refractivity contribution in [3.05, 3.63) is 94.0 Å². The molecule has 3 nitrogen and oxygen atoms in total. The highest BCUT2D eigenvalue weighted by Gasteiger charge is 2.38. The molecule has 0 unspecified atom stereocenters. The molecule has 0 aliphatic carbocycles. The summed E-state index contributed by atoms with van der Waals surface area (Å²) in [5.74, 6) is 0.158. The van der Waals surface area contributed by atoms with E-state index in [0.717, 1.165) is 21.2 Å². The summed E-state index contributed by atoms with van der Waals surface area (Å²) in [6.07, 6.45) is 0.